The number of carbonyl (C=O) groups is 1. The zero-order valence-electron chi connectivity index (χ0n) is 17.5. The maximum atomic E-state index is 12.8. The monoisotopic (exact) mass is 493 g/mol. The van der Waals surface area contributed by atoms with Gasteiger partial charge in [0.1, 0.15) is 18.0 Å². The summed E-state index contributed by atoms with van der Waals surface area (Å²) in [5.74, 6) is 0.854. The number of methoxy groups -OCH3 is 2. The van der Waals surface area contributed by atoms with Gasteiger partial charge in [0.05, 0.1) is 35.9 Å². The fourth-order valence-electron chi connectivity index (χ4n) is 3.58. The van der Waals surface area contributed by atoms with Crippen molar-refractivity contribution >= 4 is 49.9 Å². The second-order valence-electron chi connectivity index (χ2n) is 6.97. The first-order chi connectivity index (χ1) is 15.5. The number of hydrogen-bond acceptors (Lipinski definition) is 5. The molecule has 1 amide bonds. The Labute approximate surface area is 192 Å². The van der Waals surface area contributed by atoms with E-state index in [0.717, 1.165) is 4.47 Å². The first-order valence-corrected chi connectivity index (χ1v) is 10.6. The van der Waals surface area contributed by atoms with Crippen molar-refractivity contribution in [2.24, 2.45) is 5.10 Å². The van der Waals surface area contributed by atoms with Crippen molar-refractivity contribution in [1.82, 2.24) is 9.99 Å². The van der Waals surface area contributed by atoms with Crippen molar-refractivity contribution in [3.8, 4) is 11.5 Å². The molecule has 0 fully saturated rings. The lowest BCUT2D eigenvalue weighted by atomic mass is 10.1. The zero-order valence-corrected chi connectivity index (χ0v) is 19.0. The highest BCUT2D eigenvalue weighted by molar-refractivity contribution is 9.10. The summed E-state index contributed by atoms with van der Waals surface area (Å²) in [6.07, 6.45) is 1.50. The van der Waals surface area contributed by atoms with Crippen LogP contribution in [0, 0.1) is 0 Å². The van der Waals surface area contributed by atoms with Crippen molar-refractivity contribution < 1.29 is 14.3 Å². The lowest BCUT2D eigenvalue weighted by Crippen LogP contribution is -2.25. The van der Waals surface area contributed by atoms with E-state index in [2.05, 4.69) is 26.5 Å². The maximum absolute atomic E-state index is 12.8. The number of hydrogen-bond donors (Lipinski definition) is 1. The Hall–Kier alpha value is -3.65. The Morgan fingerprint density at radius 3 is 2.19 bits per heavy atom. The fraction of sp³-hybridized carbons (Fsp3) is 0.125. The van der Waals surface area contributed by atoms with Gasteiger partial charge in [-0.1, -0.05) is 24.3 Å². The first kappa shape index (κ1) is 21.6. The van der Waals surface area contributed by atoms with Crippen LogP contribution in [0.4, 0.5) is 0 Å². The predicted molar refractivity (Wildman–Crippen MR) is 129 cm³/mol. The van der Waals surface area contributed by atoms with E-state index >= 15 is 0 Å². The van der Waals surface area contributed by atoms with Crippen LogP contribution in [-0.4, -0.2) is 30.9 Å². The van der Waals surface area contributed by atoms with Crippen LogP contribution in [-0.2, 0) is 11.3 Å². The predicted octanol–water partition coefficient (Wildman–Crippen LogP) is 4.08. The molecule has 8 heteroatoms. The highest BCUT2D eigenvalue weighted by Gasteiger charge is 2.13. The number of nitrogens with one attached hydrogen (secondary N) is 1. The van der Waals surface area contributed by atoms with Gasteiger partial charge in [0, 0.05) is 22.4 Å². The number of halogens is 1. The van der Waals surface area contributed by atoms with Crippen molar-refractivity contribution in [2.45, 2.75) is 6.54 Å². The fourth-order valence-corrected chi connectivity index (χ4v) is 4.11. The molecule has 0 aliphatic carbocycles. The zero-order chi connectivity index (χ0) is 22.7. The standard InChI is InChI=1S/C24H20BrN3O4/c1-31-21-12-22(32-2)18(25)11-15(21)13-26-27-23(29)14-28-19-9-5-3-7-16(19)24(30)17-8-4-6-10-20(17)28/h3-13H,14H2,1-2H3,(H,27,29)/b26-13-. The Balaban J connectivity index is 1.62. The average Bonchev–Trinajstić information content (AvgIpc) is 2.82. The van der Waals surface area contributed by atoms with Crippen LogP contribution in [0.25, 0.3) is 21.8 Å². The average molecular weight is 494 g/mol. The van der Waals surface area contributed by atoms with Crippen molar-refractivity contribution in [3.05, 3.63) is 80.9 Å². The molecule has 0 saturated carbocycles. The summed E-state index contributed by atoms with van der Waals surface area (Å²) < 4.78 is 13.2. The molecule has 1 aromatic heterocycles. The number of benzene rings is 3. The van der Waals surface area contributed by atoms with E-state index in [1.54, 1.807) is 38.5 Å². The number of aromatic nitrogens is 1. The lowest BCUT2D eigenvalue weighted by molar-refractivity contribution is -0.121. The molecular formula is C24H20BrN3O4. The van der Waals surface area contributed by atoms with E-state index in [-0.39, 0.29) is 17.9 Å². The molecule has 4 aromatic rings. The molecule has 1 N–H and O–H groups in total. The van der Waals surface area contributed by atoms with Gasteiger partial charge < -0.3 is 14.0 Å². The molecule has 4 rings (SSSR count). The first-order valence-electron chi connectivity index (χ1n) is 9.77. The summed E-state index contributed by atoms with van der Waals surface area (Å²) in [5, 5.41) is 5.21. The topological polar surface area (TPSA) is 81.9 Å². The molecule has 0 radical (unpaired) electrons. The number of fused-ring (bicyclic) bond motifs is 2. The summed E-state index contributed by atoms with van der Waals surface area (Å²) in [5.41, 5.74) is 4.55. The molecule has 7 nitrogen and oxygen atoms in total. The van der Waals surface area contributed by atoms with Gasteiger partial charge in [-0.25, -0.2) is 5.43 Å². The Morgan fingerprint density at radius 1 is 1.00 bits per heavy atom. The van der Waals surface area contributed by atoms with E-state index in [1.807, 2.05) is 41.0 Å². The third kappa shape index (κ3) is 4.09. The maximum Gasteiger partial charge on any atom is 0.260 e. The number of hydrazone groups is 1. The normalized spacial score (nSPS) is 11.2. The quantitative estimate of drug-likeness (QED) is 0.249. The number of para-hydroxylation sites is 2. The van der Waals surface area contributed by atoms with Crippen LogP contribution in [0.3, 0.4) is 0 Å². The summed E-state index contributed by atoms with van der Waals surface area (Å²) in [6.45, 7) is 0.00207. The molecule has 0 unspecified atom stereocenters. The highest BCUT2D eigenvalue weighted by Crippen LogP contribution is 2.31. The molecule has 0 aliphatic rings. The number of ether oxygens (including phenoxy) is 2. The van der Waals surface area contributed by atoms with Crippen molar-refractivity contribution in [3.63, 3.8) is 0 Å². The summed E-state index contributed by atoms with van der Waals surface area (Å²) in [6, 6.07) is 18.0. The number of rotatable bonds is 6. The number of carbonyl (C=O) groups excluding carboxylic acids is 1. The Kier molecular flexibility index (Phi) is 6.23. The third-order valence-corrected chi connectivity index (χ3v) is 5.70. The SMILES string of the molecule is COc1cc(OC)c(/C=N\NC(=O)Cn2c3ccccc3c(=O)c3ccccc32)cc1Br. The van der Waals surface area contributed by atoms with Crippen LogP contribution < -0.4 is 20.3 Å². The minimum absolute atomic E-state index is 0.00207. The van der Waals surface area contributed by atoms with E-state index in [4.69, 9.17) is 9.47 Å². The molecule has 0 spiro atoms. The largest absolute Gasteiger partial charge is 0.496 e. The van der Waals surface area contributed by atoms with Crippen LogP contribution in [0.2, 0.25) is 0 Å². The van der Waals surface area contributed by atoms with Crippen LogP contribution in [0.1, 0.15) is 5.56 Å². The van der Waals surface area contributed by atoms with E-state index in [0.29, 0.717) is 38.9 Å². The van der Waals surface area contributed by atoms with E-state index < -0.39 is 0 Å². The van der Waals surface area contributed by atoms with Crippen molar-refractivity contribution in [1.29, 1.82) is 0 Å². The van der Waals surface area contributed by atoms with Crippen LogP contribution in [0.5, 0.6) is 11.5 Å². The lowest BCUT2D eigenvalue weighted by Gasteiger charge is -2.14. The summed E-state index contributed by atoms with van der Waals surface area (Å²) >= 11 is 3.43. The van der Waals surface area contributed by atoms with Gasteiger partial charge in [0.25, 0.3) is 5.91 Å². The molecule has 1 heterocycles. The number of nitrogens with zero attached hydrogens (tertiary/aromatic N) is 2. The molecular weight excluding hydrogens is 474 g/mol. The second-order valence-corrected chi connectivity index (χ2v) is 7.83. The summed E-state index contributed by atoms with van der Waals surface area (Å²) in [4.78, 5) is 25.5. The summed E-state index contributed by atoms with van der Waals surface area (Å²) in [7, 11) is 3.11. The van der Waals surface area contributed by atoms with Crippen LogP contribution >= 0.6 is 15.9 Å². The molecule has 0 bridgehead atoms. The van der Waals surface area contributed by atoms with Gasteiger partial charge in [-0.15, -0.1) is 0 Å². The number of pyridine rings is 1. The van der Waals surface area contributed by atoms with Crippen molar-refractivity contribution in [2.75, 3.05) is 14.2 Å². The van der Waals surface area contributed by atoms with E-state index in [9.17, 15) is 9.59 Å². The van der Waals surface area contributed by atoms with Gasteiger partial charge in [-0.2, -0.15) is 5.10 Å². The Morgan fingerprint density at radius 2 is 1.59 bits per heavy atom. The van der Waals surface area contributed by atoms with E-state index in [1.165, 1.54) is 6.21 Å². The molecule has 3 aromatic carbocycles. The molecule has 0 atom stereocenters. The Bertz CT molecular complexity index is 1350. The van der Waals surface area contributed by atoms with Gasteiger partial charge in [0.15, 0.2) is 5.43 Å². The second kappa shape index (κ2) is 9.23. The third-order valence-electron chi connectivity index (χ3n) is 5.08. The van der Waals surface area contributed by atoms with Crippen LogP contribution in [0.15, 0.2) is 75.0 Å². The van der Waals surface area contributed by atoms with Gasteiger partial charge in [-0.3, -0.25) is 9.59 Å². The van der Waals surface area contributed by atoms with Gasteiger partial charge >= 0.3 is 0 Å². The molecule has 0 saturated heterocycles. The minimum Gasteiger partial charge on any atom is -0.496 e. The minimum atomic E-state index is -0.327. The molecule has 162 valence electrons. The van der Waals surface area contributed by atoms with Gasteiger partial charge in [0.2, 0.25) is 0 Å². The molecule has 0 aliphatic heterocycles. The molecule has 32 heavy (non-hydrogen) atoms. The number of amides is 1. The smallest absolute Gasteiger partial charge is 0.260 e. The highest BCUT2D eigenvalue weighted by atomic mass is 79.9. The van der Waals surface area contributed by atoms with Gasteiger partial charge in [-0.05, 0) is 46.3 Å².